The normalized spacial score (nSPS) is 15.2. The topological polar surface area (TPSA) is 86.4 Å². The van der Waals surface area contributed by atoms with Gasteiger partial charge in [-0.15, -0.1) is 0 Å². The number of halogens is 3. The minimum atomic E-state index is -4.69. The molecule has 1 fully saturated rings. The lowest BCUT2D eigenvalue weighted by Crippen LogP contribution is -2.37. The summed E-state index contributed by atoms with van der Waals surface area (Å²) in [6, 6.07) is 6.57. The maximum atomic E-state index is 12.7. The van der Waals surface area contributed by atoms with Gasteiger partial charge in [0.25, 0.3) is 0 Å². The van der Waals surface area contributed by atoms with E-state index in [1.165, 1.54) is 12.3 Å². The van der Waals surface area contributed by atoms with E-state index in [0.29, 0.717) is 29.3 Å². The Labute approximate surface area is 176 Å². The summed E-state index contributed by atoms with van der Waals surface area (Å²) < 4.78 is 53.3. The van der Waals surface area contributed by atoms with Crippen LogP contribution in [0.1, 0.15) is 12.3 Å². The molecule has 1 aliphatic rings. The minimum absolute atomic E-state index is 0.170. The molecule has 4 heterocycles. The third-order valence-corrected chi connectivity index (χ3v) is 4.68. The van der Waals surface area contributed by atoms with Gasteiger partial charge in [-0.2, -0.15) is 18.2 Å². The van der Waals surface area contributed by atoms with E-state index in [1.54, 1.807) is 24.4 Å². The maximum absolute atomic E-state index is 12.7. The molecule has 0 unspecified atom stereocenters. The van der Waals surface area contributed by atoms with Gasteiger partial charge >= 0.3 is 12.1 Å². The van der Waals surface area contributed by atoms with Gasteiger partial charge in [0.1, 0.15) is 5.75 Å². The Morgan fingerprint density at radius 2 is 1.90 bits per heavy atom. The standard InChI is InChI=1S/C20H20F3N5O3/c21-20(22,23)19-26-18(27-31-19)14-4-5-24-17(12-14)16-3-2-15(13-25-16)30-9-1-6-28-7-10-29-11-8-28/h2-5,12-13H,1,6-11H2. The predicted octanol–water partition coefficient (Wildman–Crippen LogP) is 3.31. The molecule has 31 heavy (non-hydrogen) atoms. The number of hydrogen-bond acceptors (Lipinski definition) is 8. The van der Waals surface area contributed by atoms with Crippen molar-refractivity contribution in [2.24, 2.45) is 0 Å². The number of aromatic nitrogens is 4. The van der Waals surface area contributed by atoms with Gasteiger partial charge in [0, 0.05) is 31.4 Å². The molecule has 8 nitrogen and oxygen atoms in total. The summed E-state index contributed by atoms with van der Waals surface area (Å²) in [4.78, 5) is 14.3. The Kier molecular flexibility index (Phi) is 6.42. The lowest BCUT2D eigenvalue weighted by Gasteiger charge is -2.26. The Bertz CT molecular complexity index is 988. The SMILES string of the molecule is FC(F)(F)c1nc(-c2ccnc(-c3ccc(OCCCN4CCOCC4)cn3)c2)no1. The van der Waals surface area contributed by atoms with E-state index in [4.69, 9.17) is 9.47 Å². The average molecular weight is 435 g/mol. The highest BCUT2D eigenvalue weighted by molar-refractivity contribution is 5.64. The molecule has 0 spiro atoms. The quantitative estimate of drug-likeness (QED) is 0.523. The van der Waals surface area contributed by atoms with E-state index in [0.717, 1.165) is 39.3 Å². The summed E-state index contributed by atoms with van der Waals surface area (Å²) in [5.74, 6) is -0.930. The molecule has 1 saturated heterocycles. The zero-order valence-corrected chi connectivity index (χ0v) is 16.5. The van der Waals surface area contributed by atoms with E-state index >= 15 is 0 Å². The smallest absolute Gasteiger partial charge is 0.471 e. The number of hydrogen-bond donors (Lipinski definition) is 0. The number of morpholine rings is 1. The summed E-state index contributed by atoms with van der Waals surface area (Å²) in [6.45, 7) is 4.98. The average Bonchev–Trinajstić information content (AvgIpc) is 3.29. The van der Waals surface area contributed by atoms with Crippen LogP contribution in [0.25, 0.3) is 22.8 Å². The van der Waals surface area contributed by atoms with Crippen LogP contribution in [0.3, 0.4) is 0 Å². The van der Waals surface area contributed by atoms with E-state index in [9.17, 15) is 13.2 Å². The first-order valence-electron chi connectivity index (χ1n) is 9.76. The first-order valence-corrected chi connectivity index (χ1v) is 9.76. The van der Waals surface area contributed by atoms with Crippen molar-refractivity contribution in [1.29, 1.82) is 0 Å². The highest BCUT2D eigenvalue weighted by Crippen LogP contribution is 2.30. The molecule has 0 atom stereocenters. The summed E-state index contributed by atoms with van der Waals surface area (Å²) in [6.07, 6.45) is -0.753. The predicted molar refractivity (Wildman–Crippen MR) is 103 cm³/mol. The lowest BCUT2D eigenvalue weighted by molar-refractivity contribution is -0.159. The molecule has 164 valence electrons. The first-order chi connectivity index (χ1) is 15.0. The molecule has 0 aromatic carbocycles. The van der Waals surface area contributed by atoms with Crippen molar-refractivity contribution in [2.45, 2.75) is 12.6 Å². The van der Waals surface area contributed by atoms with Gasteiger partial charge in [-0.1, -0.05) is 5.16 Å². The van der Waals surface area contributed by atoms with Crippen LogP contribution in [-0.2, 0) is 10.9 Å². The number of alkyl halides is 3. The van der Waals surface area contributed by atoms with Crippen LogP contribution in [0.15, 0.2) is 41.2 Å². The zero-order valence-electron chi connectivity index (χ0n) is 16.5. The minimum Gasteiger partial charge on any atom is -0.492 e. The third kappa shape index (κ3) is 5.56. The van der Waals surface area contributed by atoms with Crippen molar-refractivity contribution in [3.05, 3.63) is 42.5 Å². The van der Waals surface area contributed by atoms with Crippen LogP contribution in [0.4, 0.5) is 13.2 Å². The summed E-state index contributed by atoms with van der Waals surface area (Å²) in [5, 5.41) is 3.39. The molecule has 0 aliphatic carbocycles. The van der Waals surface area contributed by atoms with Crippen LogP contribution in [0.5, 0.6) is 5.75 Å². The van der Waals surface area contributed by atoms with Crippen LogP contribution < -0.4 is 4.74 Å². The lowest BCUT2D eigenvalue weighted by atomic mass is 10.1. The fourth-order valence-electron chi connectivity index (χ4n) is 3.09. The highest BCUT2D eigenvalue weighted by atomic mass is 19.4. The molecule has 0 amide bonds. The number of pyridine rings is 2. The van der Waals surface area contributed by atoms with E-state index in [2.05, 4.69) is 29.5 Å². The van der Waals surface area contributed by atoms with E-state index in [-0.39, 0.29) is 5.82 Å². The molecule has 0 radical (unpaired) electrons. The van der Waals surface area contributed by atoms with Gasteiger partial charge in [0.2, 0.25) is 5.82 Å². The maximum Gasteiger partial charge on any atom is 0.471 e. The van der Waals surface area contributed by atoms with Crippen LogP contribution in [0.2, 0.25) is 0 Å². The zero-order chi connectivity index (χ0) is 21.7. The highest BCUT2D eigenvalue weighted by Gasteiger charge is 2.38. The molecule has 0 saturated carbocycles. The van der Waals surface area contributed by atoms with Gasteiger partial charge in [-0.25, -0.2) is 0 Å². The number of ether oxygens (including phenoxy) is 2. The Morgan fingerprint density at radius 3 is 2.61 bits per heavy atom. The summed E-state index contributed by atoms with van der Waals surface area (Å²) >= 11 is 0. The molecule has 1 aliphatic heterocycles. The van der Waals surface area contributed by atoms with Gasteiger partial charge in [0.05, 0.1) is 37.4 Å². The molecular weight excluding hydrogens is 415 g/mol. The van der Waals surface area contributed by atoms with E-state index in [1.807, 2.05) is 0 Å². The van der Waals surface area contributed by atoms with Gasteiger partial charge in [-0.3, -0.25) is 14.9 Å². The Morgan fingerprint density at radius 1 is 1.06 bits per heavy atom. The molecule has 11 heteroatoms. The summed E-state index contributed by atoms with van der Waals surface area (Å²) in [7, 11) is 0. The number of nitrogens with zero attached hydrogens (tertiary/aromatic N) is 5. The van der Waals surface area contributed by atoms with Gasteiger partial charge < -0.3 is 14.0 Å². The van der Waals surface area contributed by atoms with Crippen molar-refractivity contribution in [3.8, 4) is 28.5 Å². The molecular formula is C20H20F3N5O3. The van der Waals surface area contributed by atoms with Crippen LogP contribution in [0, 0.1) is 0 Å². The molecule has 3 aromatic heterocycles. The van der Waals surface area contributed by atoms with Crippen LogP contribution >= 0.6 is 0 Å². The van der Waals surface area contributed by atoms with Crippen LogP contribution in [-0.4, -0.2) is 64.5 Å². The molecule has 3 aromatic rings. The molecule has 0 bridgehead atoms. The largest absolute Gasteiger partial charge is 0.492 e. The van der Waals surface area contributed by atoms with Crippen molar-refractivity contribution in [2.75, 3.05) is 39.5 Å². The summed E-state index contributed by atoms with van der Waals surface area (Å²) in [5.41, 5.74) is 1.35. The van der Waals surface area contributed by atoms with Crippen molar-refractivity contribution in [3.63, 3.8) is 0 Å². The van der Waals surface area contributed by atoms with Crippen molar-refractivity contribution in [1.82, 2.24) is 25.0 Å². The monoisotopic (exact) mass is 435 g/mol. The number of rotatable bonds is 7. The fraction of sp³-hybridized carbons (Fsp3) is 0.400. The Hall–Kier alpha value is -3.05. The molecule has 0 N–H and O–H groups in total. The van der Waals surface area contributed by atoms with Crippen molar-refractivity contribution < 1.29 is 27.2 Å². The molecule has 4 rings (SSSR count). The van der Waals surface area contributed by atoms with E-state index < -0.39 is 12.1 Å². The first kappa shape index (κ1) is 21.2. The van der Waals surface area contributed by atoms with Crippen molar-refractivity contribution >= 4 is 0 Å². The van der Waals surface area contributed by atoms with Gasteiger partial charge in [0.15, 0.2) is 0 Å². The van der Waals surface area contributed by atoms with Gasteiger partial charge in [-0.05, 0) is 30.7 Å². The third-order valence-electron chi connectivity index (χ3n) is 4.68. The second-order valence-corrected chi connectivity index (χ2v) is 6.89. The Balaban J connectivity index is 1.35. The second kappa shape index (κ2) is 9.40. The fourth-order valence-corrected chi connectivity index (χ4v) is 3.09. The second-order valence-electron chi connectivity index (χ2n) is 6.89.